The quantitative estimate of drug-likeness (QED) is 0.496. The largest absolute Gasteiger partial charge is 0.352 e. The second kappa shape index (κ2) is 8.62. The van der Waals surface area contributed by atoms with Crippen LogP contribution in [0.25, 0.3) is 11.4 Å². The molecule has 0 saturated heterocycles. The number of thiophene rings is 1. The van der Waals surface area contributed by atoms with E-state index < -0.39 is 0 Å². The number of rotatable bonds is 8. The highest BCUT2D eigenvalue weighted by Gasteiger charge is 2.11. The summed E-state index contributed by atoms with van der Waals surface area (Å²) < 4.78 is 7.10. The zero-order valence-electron chi connectivity index (χ0n) is 15.1. The zero-order chi connectivity index (χ0) is 19.2. The first kappa shape index (κ1) is 18.1. The van der Waals surface area contributed by atoms with E-state index in [-0.39, 0.29) is 5.91 Å². The summed E-state index contributed by atoms with van der Waals surface area (Å²) in [5.41, 5.74) is 3.13. The number of amides is 1. The average Bonchev–Trinajstić information content (AvgIpc) is 3.48. The van der Waals surface area contributed by atoms with Crippen LogP contribution in [0.4, 0.5) is 0 Å². The van der Waals surface area contributed by atoms with Crippen LogP contribution in [0.2, 0.25) is 0 Å². The van der Waals surface area contributed by atoms with E-state index in [0.717, 1.165) is 16.7 Å². The summed E-state index contributed by atoms with van der Waals surface area (Å²) in [5.74, 6) is 0.976. The molecule has 1 aromatic carbocycles. The molecule has 1 N–H and O–H groups in total. The summed E-state index contributed by atoms with van der Waals surface area (Å²) in [6, 6.07) is 11.9. The Morgan fingerprint density at radius 2 is 2.07 bits per heavy atom. The normalized spacial score (nSPS) is 10.9. The molecule has 0 fully saturated rings. The van der Waals surface area contributed by atoms with Crippen molar-refractivity contribution < 1.29 is 9.32 Å². The van der Waals surface area contributed by atoms with Crippen LogP contribution in [0.15, 0.2) is 64.1 Å². The average molecular weight is 393 g/mol. The lowest BCUT2D eigenvalue weighted by Gasteiger charge is -2.10. The van der Waals surface area contributed by atoms with E-state index in [1.54, 1.807) is 17.5 Å². The van der Waals surface area contributed by atoms with Gasteiger partial charge in [-0.25, -0.2) is 0 Å². The minimum atomic E-state index is -0.0517. The van der Waals surface area contributed by atoms with Crippen LogP contribution in [0.1, 0.15) is 23.4 Å². The zero-order valence-corrected chi connectivity index (χ0v) is 15.9. The van der Waals surface area contributed by atoms with Crippen molar-refractivity contribution in [2.45, 2.75) is 25.9 Å². The monoisotopic (exact) mass is 393 g/mol. The number of aromatic nitrogens is 4. The molecule has 3 aromatic heterocycles. The summed E-state index contributed by atoms with van der Waals surface area (Å²) in [6.45, 7) is 1.15. The second-order valence-corrected chi connectivity index (χ2v) is 7.05. The number of benzene rings is 1. The number of hydrogen-bond acceptors (Lipinski definition) is 6. The first-order chi connectivity index (χ1) is 13.8. The SMILES string of the molecule is O=C(CCc1nc(-c2ccsc2)no1)NCc1ccccc1Cn1cccn1. The van der Waals surface area contributed by atoms with E-state index in [1.165, 1.54) is 0 Å². The van der Waals surface area contributed by atoms with E-state index in [0.29, 0.717) is 37.6 Å². The van der Waals surface area contributed by atoms with Gasteiger partial charge in [0.2, 0.25) is 17.6 Å². The lowest BCUT2D eigenvalue weighted by Crippen LogP contribution is -2.24. The van der Waals surface area contributed by atoms with Crippen molar-refractivity contribution in [2.75, 3.05) is 0 Å². The van der Waals surface area contributed by atoms with Crippen LogP contribution >= 0.6 is 11.3 Å². The van der Waals surface area contributed by atoms with Crippen molar-refractivity contribution >= 4 is 17.2 Å². The summed E-state index contributed by atoms with van der Waals surface area (Å²) in [7, 11) is 0. The van der Waals surface area contributed by atoms with Gasteiger partial charge in [0.1, 0.15) is 0 Å². The standard InChI is InChI=1S/C20H19N5O2S/c26-18(6-7-19-23-20(24-27-19)17-8-11-28-14-17)21-12-15-4-1-2-5-16(15)13-25-10-3-9-22-25/h1-5,8-11,14H,6-7,12-13H2,(H,21,26). The highest BCUT2D eigenvalue weighted by molar-refractivity contribution is 7.08. The Hall–Kier alpha value is -3.26. The lowest BCUT2D eigenvalue weighted by molar-refractivity contribution is -0.121. The molecule has 0 radical (unpaired) electrons. The van der Waals surface area contributed by atoms with Crippen LogP contribution in [-0.4, -0.2) is 25.8 Å². The van der Waals surface area contributed by atoms with Crippen molar-refractivity contribution in [3.05, 3.63) is 76.6 Å². The van der Waals surface area contributed by atoms with Gasteiger partial charge in [-0.1, -0.05) is 29.4 Å². The Morgan fingerprint density at radius 1 is 1.18 bits per heavy atom. The second-order valence-electron chi connectivity index (χ2n) is 6.27. The number of hydrogen-bond donors (Lipinski definition) is 1. The molecular formula is C20H19N5O2S. The first-order valence-electron chi connectivity index (χ1n) is 8.94. The number of nitrogens with zero attached hydrogens (tertiary/aromatic N) is 4. The number of aryl methyl sites for hydroxylation is 1. The topological polar surface area (TPSA) is 85.8 Å². The molecule has 7 nitrogen and oxygen atoms in total. The maximum absolute atomic E-state index is 12.2. The summed E-state index contributed by atoms with van der Waals surface area (Å²) in [5, 5.41) is 15.1. The molecular weight excluding hydrogens is 374 g/mol. The molecule has 0 atom stereocenters. The Morgan fingerprint density at radius 3 is 2.86 bits per heavy atom. The van der Waals surface area contributed by atoms with Gasteiger partial charge in [0.15, 0.2) is 0 Å². The van der Waals surface area contributed by atoms with E-state index in [9.17, 15) is 4.79 Å². The van der Waals surface area contributed by atoms with Gasteiger partial charge in [-0.2, -0.15) is 21.4 Å². The predicted octanol–water partition coefficient (Wildman–Crippen LogP) is 3.29. The van der Waals surface area contributed by atoms with E-state index in [4.69, 9.17) is 4.52 Å². The Labute approximate surface area is 166 Å². The predicted molar refractivity (Wildman–Crippen MR) is 106 cm³/mol. The van der Waals surface area contributed by atoms with Crippen LogP contribution in [0.5, 0.6) is 0 Å². The molecule has 0 aliphatic rings. The molecule has 0 saturated carbocycles. The molecule has 3 heterocycles. The van der Waals surface area contributed by atoms with Crippen molar-refractivity contribution in [2.24, 2.45) is 0 Å². The first-order valence-corrected chi connectivity index (χ1v) is 9.88. The van der Waals surface area contributed by atoms with Crippen LogP contribution in [-0.2, 0) is 24.3 Å². The molecule has 1 amide bonds. The highest BCUT2D eigenvalue weighted by Crippen LogP contribution is 2.19. The summed E-state index contributed by atoms with van der Waals surface area (Å²) >= 11 is 1.58. The van der Waals surface area contributed by atoms with Gasteiger partial charge >= 0.3 is 0 Å². The van der Waals surface area contributed by atoms with Gasteiger partial charge in [0.05, 0.1) is 6.54 Å². The van der Waals surface area contributed by atoms with Gasteiger partial charge in [0, 0.05) is 42.7 Å². The molecule has 0 aliphatic heterocycles. The fraction of sp³-hybridized carbons (Fsp3) is 0.200. The van der Waals surface area contributed by atoms with E-state index >= 15 is 0 Å². The molecule has 28 heavy (non-hydrogen) atoms. The fourth-order valence-corrected chi connectivity index (χ4v) is 3.46. The molecule has 0 aliphatic carbocycles. The Balaban J connectivity index is 1.29. The molecule has 0 bridgehead atoms. The smallest absolute Gasteiger partial charge is 0.227 e. The van der Waals surface area contributed by atoms with Crippen molar-refractivity contribution in [3.63, 3.8) is 0 Å². The maximum atomic E-state index is 12.2. The lowest BCUT2D eigenvalue weighted by atomic mass is 10.1. The molecule has 0 unspecified atom stereocenters. The van der Waals surface area contributed by atoms with E-state index in [2.05, 4.69) is 20.6 Å². The Bertz CT molecular complexity index is 1020. The van der Waals surface area contributed by atoms with E-state index in [1.807, 2.05) is 58.0 Å². The third-order valence-electron chi connectivity index (χ3n) is 4.30. The third-order valence-corrected chi connectivity index (χ3v) is 4.98. The molecule has 142 valence electrons. The fourth-order valence-electron chi connectivity index (χ4n) is 2.82. The molecule has 4 aromatic rings. The Kier molecular flexibility index (Phi) is 5.58. The van der Waals surface area contributed by atoms with Crippen LogP contribution in [0, 0.1) is 0 Å². The summed E-state index contributed by atoms with van der Waals surface area (Å²) in [4.78, 5) is 16.6. The van der Waals surface area contributed by atoms with Gasteiger partial charge in [-0.05, 0) is 28.6 Å². The maximum Gasteiger partial charge on any atom is 0.227 e. The minimum absolute atomic E-state index is 0.0517. The van der Waals surface area contributed by atoms with Gasteiger partial charge in [-0.3, -0.25) is 9.48 Å². The highest BCUT2D eigenvalue weighted by atomic mass is 32.1. The van der Waals surface area contributed by atoms with Gasteiger partial charge in [0.25, 0.3) is 0 Å². The van der Waals surface area contributed by atoms with Gasteiger partial charge in [-0.15, -0.1) is 0 Å². The summed E-state index contributed by atoms with van der Waals surface area (Å²) in [6.07, 6.45) is 4.39. The van der Waals surface area contributed by atoms with Gasteiger partial charge < -0.3 is 9.84 Å². The molecule has 0 spiro atoms. The molecule has 4 rings (SSSR count). The van der Waals surface area contributed by atoms with Crippen molar-refractivity contribution in [1.29, 1.82) is 0 Å². The van der Waals surface area contributed by atoms with Crippen LogP contribution < -0.4 is 5.32 Å². The number of carbonyl (C=O) groups is 1. The number of carbonyl (C=O) groups excluding carboxylic acids is 1. The van der Waals surface area contributed by atoms with Crippen molar-refractivity contribution in [1.82, 2.24) is 25.2 Å². The number of nitrogens with one attached hydrogen (secondary N) is 1. The van der Waals surface area contributed by atoms with Crippen molar-refractivity contribution in [3.8, 4) is 11.4 Å². The molecule has 8 heteroatoms. The third kappa shape index (κ3) is 4.52. The minimum Gasteiger partial charge on any atom is -0.352 e. The van der Waals surface area contributed by atoms with Crippen LogP contribution in [0.3, 0.4) is 0 Å².